The van der Waals surface area contributed by atoms with E-state index in [1.54, 1.807) is 0 Å². The normalized spacial score (nSPS) is 15.2. The summed E-state index contributed by atoms with van der Waals surface area (Å²) in [5.74, 6) is -0.947. The molecule has 150 valence electrons. The Morgan fingerprint density at radius 2 is 1.89 bits per heavy atom. The minimum absolute atomic E-state index is 0.0369. The van der Waals surface area contributed by atoms with Crippen LogP contribution in [-0.2, 0) is 22.3 Å². The summed E-state index contributed by atoms with van der Waals surface area (Å²) in [6.07, 6.45) is 0.213. The minimum atomic E-state index is -4.48. The number of aromatic nitrogens is 4. The van der Waals surface area contributed by atoms with Gasteiger partial charge in [-0.1, -0.05) is 31.4 Å². The first-order chi connectivity index (χ1) is 13.3. The number of nitrogens with zero attached hydrogens (tertiary/aromatic N) is 4. The first-order valence-corrected chi connectivity index (χ1v) is 8.87. The SMILES string of the molecule is O=C(Cn1nnc(-c2cccc(C(F)(F)F)c2)n1)NNC(=O)C1CCCCC1. The molecule has 11 heteroatoms. The number of alkyl halides is 3. The third-order valence-electron chi connectivity index (χ3n) is 4.49. The molecule has 0 spiro atoms. The first-order valence-electron chi connectivity index (χ1n) is 8.87. The van der Waals surface area contributed by atoms with Crippen LogP contribution in [0.15, 0.2) is 24.3 Å². The monoisotopic (exact) mass is 396 g/mol. The molecule has 1 aromatic heterocycles. The van der Waals surface area contributed by atoms with Crippen LogP contribution in [-0.4, -0.2) is 32.0 Å². The second-order valence-electron chi connectivity index (χ2n) is 6.59. The molecule has 1 aliphatic carbocycles. The van der Waals surface area contributed by atoms with Crippen molar-refractivity contribution in [1.82, 2.24) is 31.1 Å². The number of carbonyl (C=O) groups is 2. The zero-order valence-electron chi connectivity index (χ0n) is 14.9. The molecular formula is C17H19F3N6O2. The molecule has 1 heterocycles. The van der Waals surface area contributed by atoms with Crippen molar-refractivity contribution in [3.05, 3.63) is 29.8 Å². The highest BCUT2D eigenvalue weighted by molar-refractivity contribution is 5.83. The fourth-order valence-corrected chi connectivity index (χ4v) is 3.03. The highest BCUT2D eigenvalue weighted by Crippen LogP contribution is 2.31. The number of amides is 2. The van der Waals surface area contributed by atoms with Gasteiger partial charge in [-0.15, -0.1) is 10.2 Å². The molecule has 0 radical (unpaired) electrons. The number of hydrogen-bond donors (Lipinski definition) is 2. The van der Waals surface area contributed by atoms with Crippen LogP contribution in [0, 0.1) is 5.92 Å². The number of carbonyl (C=O) groups excluding carboxylic acids is 2. The molecule has 2 amide bonds. The molecule has 1 aromatic carbocycles. The van der Waals surface area contributed by atoms with Crippen LogP contribution >= 0.6 is 0 Å². The van der Waals surface area contributed by atoms with Crippen LogP contribution in [0.25, 0.3) is 11.4 Å². The first kappa shape index (κ1) is 19.8. The van der Waals surface area contributed by atoms with Crippen molar-refractivity contribution in [2.45, 2.75) is 44.8 Å². The molecule has 0 bridgehead atoms. The van der Waals surface area contributed by atoms with Crippen LogP contribution < -0.4 is 10.9 Å². The van der Waals surface area contributed by atoms with Crippen molar-refractivity contribution in [2.75, 3.05) is 0 Å². The summed E-state index contributed by atoms with van der Waals surface area (Å²) in [6.45, 7) is -0.336. The van der Waals surface area contributed by atoms with Crippen LogP contribution in [0.3, 0.4) is 0 Å². The van der Waals surface area contributed by atoms with Crippen molar-refractivity contribution >= 4 is 11.8 Å². The predicted octanol–water partition coefficient (Wildman–Crippen LogP) is 2.09. The molecule has 28 heavy (non-hydrogen) atoms. The average Bonchev–Trinajstić information content (AvgIpc) is 3.14. The molecule has 3 rings (SSSR count). The van der Waals surface area contributed by atoms with Gasteiger partial charge in [0.15, 0.2) is 0 Å². The number of hydrazine groups is 1. The smallest absolute Gasteiger partial charge is 0.273 e. The number of hydrogen-bond acceptors (Lipinski definition) is 5. The summed E-state index contributed by atoms with van der Waals surface area (Å²) in [4.78, 5) is 24.9. The van der Waals surface area contributed by atoms with Gasteiger partial charge < -0.3 is 0 Å². The maximum atomic E-state index is 12.8. The zero-order valence-corrected chi connectivity index (χ0v) is 14.9. The van der Waals surface area contributed by atoms with Crippen molar-refractivity contribution in [3.63, 3.8) is 0 Å². The van der Waals surface area contributed by atoms with E-state index in [-0.39, 0.29) is 29.8 Å². The molecule has 1 aliphatic rings. The standard InChI is InChI=1S/C17H19F3N6O2/c18-17(19,20)13-8-4-7-12(9-13)15-22-25-26(24-15)10-14(27)21-23-16(28)11-5-2-1-3-6-11/h4,7-9,11H,1-3,5-6,10H2,(H,21,27)(H,23,28). The van der Waals surface area contributed by atoms with Gasteiger partial charge in [0.05, 0.1) is 5.56 Å². The predicted molar refractivity (Wildman–Crippen MR) is 91.1 cm³/mol. The van der Waals surface area contributed by atoms with Gasteiger partial charge in [0.25, 0.3) is 5.91 Å². The van der Waals surface area contributed by atoms with Gasteiger partial charge in [-0.25, -0.2) is 0 Å². The van der Waals surface area contributed by atoms with E-state index < -0.39 is 17.6 Å². The molecule has 1 saturated carbocycles. The Labute approximate surface area is 158 Å². The summed E-state index contributed by atoms with van der Waals surface area (Å²) in [5.41, 5.74) is 3.98. The summed E-state index contributed by atoms with van der Waals surface area (Å²) >= 11 is 0. The minimum Gasteiger partial charge on any atom is -0.273 e. The molecule has 8 nitrogen and oxygen atoms in total. The maximum Gasteiger partial charge on any atom is 0.416 e. The molecular weight excluding hydrogens is 377 g/mol. The molecule has 0 atom stereocenters. The summed E-state index contributed by atoms with van der Waals surface area (Å²) < 4.78 is 38.4. The Bertz CT molecular complexity index is 845. The molecule has 1 fully saturated rings. The van der Waals surface area contributed by atoms with Crippen molar-refractivity contribution in [3.8, 4) is 11.4 Å². The fourth-order valence-electron chi connectivity index (χ4n) is 3.03. The van der Waals surface area contributed by atoms with E-state index in [0.717, 1.165) is 49.0 Å². The lowest BCUT2D eigenvalue weighted by Crippen LogP contribution is -2.46. The van der Waals surface area contributed by atoms with Gasteiger partial charge in [-0.3, -0.25) is 20.4 Å². The third kappa shape index (κ3) is 5.05. The van der Waals surface area contributed by atoms with Crippen molar-refractivity contribution in [2.24, 2.45) is 5.92 Å². The largest absolute Gasteiger partial charge is 0.416 e. The van der Waals surface area contributed by atoms with Gasteiger partial charge in [0.2, 0.25) is 11.7 Å². The van der Waals surface area contributed by atoms with Gasteiger partial charge in [0, 0.05) is 11.5 Å². The molecule has 0 aliphatic heterocycles. The third-order valence-corrected chi connectivity index (χ3v) is 4.49. The number of halogens is 3. The van der Waals surface area contributed by atoms with E-state index in [1.807, 2.05) is 0 Å². The lowest BCUT2D eigenvalue weighted by atomic mass is 9.89. The van der Waals surface area contributed by atoms with E-state index in [1.165, 1.54) is 12.1 Å². The summed E-state index contributed by atoms with van der Waals surface area (Å²) in [6, 6.07) is 4.51. The van der Waals surface area contributed by atoms with E-state index in [0.29, 0.717) is 0 Å². The Morgan fingerprint density at radius 3 is 2.61 bits per heavy atom. The lowest BCUT2D eigenvalue weighted by Gasteiger charge is -2.20. The van der Waals surface area contributed by atoms with Gasteiger partial charge in [-0.05, 0) is 30.2 Å². The number of tetrazole rings is 1. The van der Waals surface area contributed by atoms with Gasteiger partial charge in [0.1, 0.15) is 6.54 Å². The summed E-state index contributed by atoms with van der Waals surface area (Å²) in [5, 5.41) is 11.3. The highest BCUT2D eigenvalue weighted by Gasteiger charge is 2.30. The van der Waals surface area contributed by atoms with Gasteiger partial charge in [-0.2, -0.15) is 18.0 Å². The summed E-state index contributed by atoms with van der Waals surface area (Å²) in [7, 11) is 0. The zero-order chi connectivity index (χ0) is 20.1. The van der Waals surface area contributed by atoms with E-state index >= 15 is 0 Å². The van der Waals surface area contributed by atoms with E-state index in [4.69, 9.17) is 0 Å². The molecule has 0 saturated heterocycles. The Balaban J connectivity index is 1.55. The number of benzene rings is 1. The fraction of sp³-hybridized carbons (Fsp3) is 0.471. The highest BCUT2D eigenvalue weighted by atomic mass is 19.4. The van der Waals surface area contributed by atoms with Crippen LogP contribution in [0.1, 0.15) is 37.7 Å². The van der Waals surface area contributed by atoms with Crippen LogP contribution in [0.2, 0.25) is 0 Å². The Kier molecular flexibility index (Phi) is 5.90. The van der Waals surface area contributed by atoms with E-state index in [9.17, 15) is 22.8 Å². The Hall–Kier alpha value is -2.98. The topological polar surface area (TPSA) is 102 Å². The van der Waals surface area contributed by atoms with Crippen LogP contribution in [0.5, 0.6) is 0 Å². The molecule has 0 unspecified atom stereocenters. The average molecular weight is 396 g/mol. The van der Waals surface area contributed by atoms with Crippen LogP contribution in [0.4, 0.5) is 13.2 Å². The Morgan fingerprint density at radius 1 is 1.14 bits per heavy atom. The lowest BCUT2D eigenvalue weighted by molar-refractivity contribution is -0.137. The van der Waals surface area contributed by atoms with Gasteiger partial charge >= 0.3 is 6.18 Å². The van der Waals surface area contributed by atoms with Crippen molar-refractivity contribution < 1.29 is 22.8 Å². The molecule has 2 N–H and O–H groups in total. The maximum absolute atomic E-state index is 12.8. The van der Waals surface area contributed by atoms with Crippen molar-refractivity contribution in [1.29, 1.82) is 0 Å². The molecule has 2 aromatic rings. The van der Waals surface area contributed by atoms with E-state index in [2.05, 4.69) is 26.3 Å². The second kappa shape index (κ2) is 8.36. The quantitative estimate of drug-likeness (QED) is 0.771. The number of rotatable bonds is 4. The number of nitrogens with one attached hydrogen (secondary N) is 2. The second-order valence-corrected chi connectivity index (χ2v) is 6.59.